The minimum absolute atomic E-state index is 0. The Morgan fingerprint density at radius 2 is 1.50 bits per heavy atom. The SMILES string of the molecule is Cl.NC1(C(=O)N2CCN(C(=O)c3ccc(Br)cc3)CC2)CC1. The first-order valence-corrected chi connectivity index (χ1v) is 7.92. The van der Waals surface area contributed by atoms with Gasteiger partial charge in [0.1, 0.15) is 0 Å². The summed E-state index contributed by atoms with van der Waals surface area (Å²) < 4.78 is 0.951. The van der Waals surface area contributed by atoms with E-state index in [9.17, 15) is 9.59 Å². The van der Waals surface area contributed by atoms with Crippen molar-refractivity contribution in [1.82, 2.24) is 9.80 Å². The van der Waals surface area contributed by atoms with Crippen molar-refractivity contribution in [3.8, 4) is 0 Å². The summed E-state index contributed by atoms with van der Waals surface area (Å²) in [5.74, 6) is 0.0572. The standard InChI is InChI=1S/C15H18BrN3O2.ClH/c16-12-3-1-11(2-4-12)13(20)18-7-9-19(10-8-18)14(21)15(17)5-6-15;/h1-4H,5-10,17H2;1H. The number of hydrogen-bond donors (Lipinski definition) is 1. The molecular formula is C15H19BrClN3O2. The van der Waals surface area contributed by atoms with Gasteiger partial charge in [0.2, 0.25) is 5.91 Å². The van der Waals surface area contributed by atoms with Gasteiger partial charge < -0.3 is 15.5 Å². The van der Waals surface area contributed by atoms with Gasteiger partial charge in [-0.15, -0.1) is 12.4 Å². The third kappa shape index (κ3) is 3.45. The molecule has 2 amide bonds. The molecule has 0 bridgehead atoms. The van der Waals surface area contributed by atoms with E-state index in [4.69, 9.17) is 5.73 Å². The van der Waals surface area contributed by atoms with Gasteiger partial charge in [-0.1, -0.05) is 15.9 Å². The van der Waals surface area contributed by atoms with Crippen molar-refractivity contribution in [2.75, 3.05) is 26.2 Å². The third-order valence-electron chi connectivity index (χ3n) is 4.16. The van der Waals surface area contributed by atoms with E-state index >= 15 is 0 Å². The molecule has 1 saturated heterocycles. The van der Waals surface area contributed by atoms with Gasteiger partial charge in [0.05, 0.1) is 5.54 Å². The predicted molar refractivity (Wildman–Crippen MR) is 90.0 cm³/mol. The van der Waals surface area contributed by atoms with Crippen LogP contribution in [-0.4, -0.2) is 53.3 Å². The van der Waals surface area contributed by atoms with Crippen LogP contribution < -0.4 is 5.73 Å². The zero-order chi connectivity index (χ0) is 15.0. The second-order valence-electron chi connectivity index (χ2n) is 5.75. The maximum absolute atomic E-state index is 12.4. The summed E-state index contributed by atoms with van der Waals surface area (Å²) in [6.07, 6.45) is 1.56. The molecule has 0 unspecified atom stereocenters. The van der Waals surface area contributed by atoms with E-state index in [0.29, 0.717) is 31.7 Å². The molecule has 1 heterocycles. The first kappa shape index (κ1) is 17.2. The van der Waals surface area contributed by atoms with Crippen LogP contribution in [0.1, 0.15) is 23.2 Å². The normalized spacial score (nSPS) is 19.4. The van der Waals surface area contributed by atoms with E-state index in [2.05, 4.69) is 15.9 Å². The molecular weight excluding hydrogens is 370 g/mol. The minimum atomic E-state index is -0.613. The molecule has 2 fully saturated rings. The van der Waals surface area contributed by atoms with Gasteiger partial charge in [0, 0.05) is 36.2 Å². The Hall–Kier alpha value is -1.11. The van der Waals surface area contributed by atoms with Gasteiger partial charge >= 0.3 is 0 Å². The topological polar surface area (TPSA) is 66.6 Å². The van der Waals surface area contributed by atoms with Crippen LogP contribution in [0.4, 0.5) is 0 Å². The number of halogens is 2. The van der Waals surface area contributed by atoms with Gasteiger partial charge in [0.15, 0.2) is 0 Å². The summed E-state index contributed by atoms with van der Waals surface area (Å²) in [5, 5.41) is 0. The number of benzene rings is 1. The number of hydrogen-bond acceptors (Lipinski definition) is 3. The lowest BCUT2D eigenvalue weighted by Gasteiger charge is -2.36. The van der Waals surface area contributed by atoms with E-state index in [1.54, 1.807) is 9.80 Å². The smallest absolute Gasteiger partial charge is 0.253 e. The molecule has 3 rings (SSSR count). The van der Waals surface area contributed by atoms with Crippen molar-refractivity contribution < 1.29 is 9.59 Å². The molecule has 22 heavy (non-hydrogen) atoms. The molecule has 2 aliphatic rings. The fraction of sp³-hybridized carbons (Fsp3) is 0.467. The number of rotatable bonds is 2. The van der Waals surface area contributed by atoms with Crippen LogP contribution >= 0.6 is 28.3 Å². The van der Waals surface area contributed by atoms with E-state index in [-0.39, 0.29) is 24.2 Å². The summed E-state index contributed by atoms with van der Waals surface area (Å²) in [4.78, 5) is 28.1. The second kappa shape index (κ2) is 6.56. The highest BCUT2D eigenvalue weighted by Crippen LogP contribution is 2.34. The molecule has 0 atom stereocenters. The molecule has 1 aromatic carbocycles. The Morgan fingerprint density at radius 1 is 1.00 bits per heavy atom. The largest absolute Gasteiger partial charge is 0.338 e. The van der Waals surface area contributed by atoms with Crippen molar-refractivity contribution >= 4 is 40.2 Å². The number of carbonyl (C=O) groups excluding carboxylic acids is 2. The van der Waals surface area contributed by atoms with Crippen LogP contribution in [0.2, 0.25) is 0 Å². The van der Waals surface area contributed by atoms with Crippen LogP contribution in [0, 0.1) is 0 Å². The highest BCUT2D eigenvalue weighted by Gasteiger charge is 2.48. The average molecular weight is 389 g/mol. The van der Waals surface area contributed by atoms with Crippen LogP contribution in [0.15, 0.2) is 28.7 Å². The van der Waals surface area contributed by atoms with Crippen molar-refractivity contribution in [3.05, 3.63) is 34.3 Å². The highest BCUT2D eigenvalue weighted by molar-refractivity contribution is 9.10. The lowest BCUT2D eigenvalue weighted by atomic mass is 10.1. The molecule has 1 aliphatic heterocycles. The van der Waals surface area contributed by atoms with Crippen molar-refractivity contribution in [3.63, 3.8) is 0 Å². The summed E-state index contributed by atoms with van der Waals surface area (Å²) >= 11 is 3.36. The summed E-state index contributed by atoms with van der Waals surface area (Å²) in [6.45, 7) is 2.27. The maximum atomic E-state index is 12.4. The lowest BCUT2D eigenvalue weighted by molar-refractivity contribution is -0.135. The zero-order valence-corrected chi connectivity index (χ0v) is 14.5. The molecule has 1 aromatic rings. The molecule has 0 radical (unpaired) electrons. The van der Waals surface area contributed by atoms with E-state index in [1.807, 2.05) is 24.3 Å². The quantitative estimate of drug-likeness (QED) is 0.837. The molecule has 120 valence electrons. The van der Waals surface area contributed by atoms with Crippen LogP contribution in [0.5, 0.6) is 0 Å². The highest BCUT2D eigenvalue weighted by atomic mass is 79.9. The van der Waals surface area contributed by atoms with E-state index < -0.39 is 5.54 Å². The van der Waals surface area contributed by atoms with Crippen molar-refractivity contribution in [2.24, 2.45) is 5.73 Å². The molecule has 7 heteroatoms. The summed E-state index contributed by atoms with van der Waals surface area (Å²) in [7, 11) is 0. The Labute approximate surface area is 144 Å². The first-order chi connectivity index (χ1) is 9.99. The van der Waals surface area contributed by atoms with E-state index in [1.165, 1.54) is 0 Å². The average Bonchev–Trinajstić information content (AvgIpc) is 3.26. The molecule has 1 saturated carbocycles. The van der Waals surface area contributed by atoms with Crippen molar-refractivity contribution in [2.45, 2.75) is 18.4 Å². The summed E-state index contributed by atoms with van der Waals surface area (Å²) in [5.41, 5.74) is 6.01. The van der Waals surface area contributed by atoms with Gasteiger partial charge in [-0.05, 0) is 37.1 Å². The summed E-state index contributed by atoms with van der Waals surface area (Å²) in [6, 6.07) is 7.34. The van der Waals surface area contributed by atoms with E-state index in [0.717, 1.165) is 17.3 Å². The number of nitrogens with zero attached hydrogens (tertiary/aromatic N) is 2. The molecule has 0 spiro atoms. The predicted octanol–water partition coefficient (Wildman–Crippen LogP) is 1.65. The third-order valence-corrected chi connectivity index (χ3v) is 4.69. The van der Waals surface area contributed by atoms with Crippen LogP contribution in [0.25, 0.3) is 0 Å². The van der Waals surface area contributed by atoms with Crippen LogP contribution in [-0.2, 0) is 4.79 Å². The Morgan fingerprint density at radius 3 is 2.00 bits per heavy atom. The van der Waals surface area contributed by atoms with Crippen molar-refractivity contribution in [1.29, 1.82) is 0 Å². The number of carbonyl (C=O) groups is 2. The minimum Gasteiger partial charge on any atom is -0.338 e. The number of piperazine rings is 1. The van der Waals surface area contributed by atoms with Gasteiger partial charge in [-0.2, -0.15) is 0 Å². The molecule has 2 N–H and O–H groups in total. The monoisotopic (exact) mass is 387 g/mol. The number of nitrogens with two attached hydrogens (primary N) is 1. The molecule has 5 nitrogen and oxygen atoms in total. The van der Waals surface area contributed by atoms with Gasteiger partial charge in [-0.3, -0.25) is 9.59 Å². The fourth-order valence-electron chi connectivity index (χ4n) is 2.55. The lowest BCUT2D eigenvalue weighted by Crippen LogP contribution is -2.55. The Bertz CT molecular complexity index is 567. The fourth-order valence-corrected chi connectivity index (χ4v) is 2.82. The Kier molecular flexibility index (Phi) is 5.14. The van der Waals surface area contributed by atoms with Crippen LogP contribution in [0.3, 0.4) is 0 Å². The molecule has 0 aromatic heterocycles. The number of amides is 2. The Balaban J connectivity index is 0.00000176. The second-order valence-corrected chi connectivity index (χ2v) is 6.66. The van der Waals surface area contributed by atoms with Gasteiger partial charge in [-0.25, -0.2) is 0 Å². The zero-order valence-electron chi connectivity index (χ0n) is 12.1. The maximum Gasteiger partial charge on any atom is 0.253 e. The van der Waals surface area contributed by atoms with Gasteiger partial charge in [0.25, 0.3) is 5.91 Å². The molecule has 1 aliphatic carbocycles. The first-order valence-electron chi connectivity index (χ1n) is 7.13.